The number of fused-ring (bicyclic) bond motifs is 1. The van der Waals surface area contributed by atoms with Crippen LogP contribution in [0.5, 0.6) is 0 Å². The second-order valence-corrected chi connectivity index (χ2v) is 4.62. The molecule has 0 saturated carbocycles. The summed E-state index contributed by atoms with van der Waals surface area (Å²) in [5, 5.41) is 0.847. The number of halogens is 2. The second-order valence-electron chi connectivity index (χ2n) is 3.81. The highest BCUT2D eigenvalue weighted by atomic mass is 35.5. The number of rotatable bonds is 1. The van der Waals surface area contributed by atoms with Crippen molar-refractivity contribution in [2.75, 3.05) is 5.73 Å². The summed E-state index contributed by atoms with van der Waals surface area (Å²) in [5.74, 6) is 0.00225. The molecule has 0 aliphatic rings. The number of hydrogen-bond acceptors (Lipinski definition) is 4. The number of nitrogens with one attached hydrogen (secondary N) is 1. The zero-order valence-corrected chi connectivity index (χ0v) is 10.9. The lowest BCUT2D eigenvalue weighted by atomic mass is 10.3. The van der Waals surface area contributed by atoms with Gasteiger partial charge >= 0.3 is 0 Å². The number of anilines is 1. The van der Waals surface area contributed by atoms with Crippen molar-refractivity contribution in [3.05, 3.63) is 44.9 Å². The van der Waals surface area contributed by atoms with Crippen LogP contribution in [0, 0.1) is 0 Å². The van der Waals surface area contributed by atoms with Gasteiger partial charge in [0.1, 0.15) is 6.33 Å². The Hall–Kier alpha value is -2.05. The number of nitrogen functional groups attached to an aromatic ring is 1. The molecule has 2 aromatic heterocycles. The molecule has 0 spiro atoms. The number of aromatic nitrogens is 4. The molecule has 3 rings (SSSR count). The molecule has 0 unspecified atom stereocenters. The van der Waals surface area contributed by atoms with Crippen LogP contribution < -0.4 is 11.3 Å². The fourth-order valence-electron chi connectivity index (χ4n) is 1.81. The van der Waals surface area contributed by atoms with E-state index in [1.54, 1.807) is 18.2 Å². The van der Waals surface area contributed by atoms with E-state index < -0.39 is 5.56 Å². The molecule has 0 aliphatic carbocycles. The highest BCUT2D eigenvalue weighted by molar-refractivity contribution is 6.37. The van der Waals surface area contributed by atoms with E-state index in [1.807, 2.05) is 0 Å². The lowest BCUT2D eigenvalue weighted by Crippen LogP contribution is -2.12. The van der Waals surface area contributed by atoms with E-state index in [-0.39, 0.29) is 11.5 Å². The van der Waals surface area contributed by atoms with Crippen molar-refractivity contribution in [2.45, 2.75) is 0 Å². The summed E-state index contributed by atoms with van der Waals surface area (Å²) in [5.41, 5.74) is 6.10. The van der Waals surface area contributed by atoms with Gasteiger partial charge in [-0.3, -0.25) is 14.3 Å². The molecule has 0 aliphatic heterocycles. The molecule has 1 aromatic carbocycles. The van der Waals surface area contributed by atoms with Crippen LogP contribution in [0.3, 0.4) is 0 Å². The Balaban J connectivity index is 2.41. The summed E-state index contributed by atoms with van der Waals surface area (Å²) in [6.07, 6.45) is 1.43. The standard InChI is InChI=1S/C11H7Cl2N5O/c12-5-2-1-3-6(13)8(5)18-4-15-7-9(18)16-11(14)17-10(7)19/h1-4H,(H3,14,16,17,19). The van der Waals surface area contributed by atoms with Crippen molar-refractivity contribution in [1.82, 2.24) is 19.5 Å². The molecule has 0 bridgehead atoms. The Morgan fingerprint density at radius 1 is 1.26 bits per heavy atom. The average Bonchev–Trinajstić information content (AvgIpc) is 2.73. The minimum absolute atomic E-state index is 0.00225. The molecule has 19 heavy (non-hydrogen) atoms. The summed E-state index contributed by atoms with van der Waals surface area (Å²) in [7, 11) is 0. The highest BCUT2D eigenvalue weighted by Gasteiger charge is 2.14. The van der Waals surface area contributed by atoms with Gasteiger partial charge in [0.15, 0.2) is 11.2 Å². The summed E-state index contributed by atoms with van der Waals surface area (Å²) >= 11 is 12.2. The third-order valence-corrected chi connectivity index (χ3v) is 3.21. The van der Waals surface area contributed by atoms with Crippen molar-refractivity contribution in [3.8, 4) is 5.69 Å². The molecule has 0 atom stereocenters. The summed E-state index contributed by atoms with van der Waals surface area (Å²) < 4.78 is 1.53. The summed E-state index contributed by atoms with van der Waals surface area (Å²) in [6, 6.07) is 5.10. The maximum atomic E-state index is 11.7. The summed E-state index contributed by atoms with van der Waals surface area (Å²) in [6.45, 7) is 0. The van der Waals surface area contributed by atoms with Gasteiger partial charge in [-0.2, -0.15) is 4.98 Å². The third kappa shape index (κ3) is 1.85. The van der Waals surface area contributed by atoms with E-state index in [4.69, 9.17) is 28.9 Å². The van der Waals surface area contributed by atoms with Crippen LogP contribution in [-0.2, 0) is 0 Å². The van der Waals surface area contributed by atoms with Gasteiger partial charge < -0.3 is 5.73 Å². The van der Waals surface area contributed by atoms with Gasteiger partial charge in [-0.15, -0.1) is 0 Å². The van der Waals surface area contributed by atoms with Gasteiger partial charge in [0.05, 0.1) is 15.7 Å². The van der Waals surface area contributed by atoms with E-state index >= 15 is 0 Å². The van der Waals surface area contributed by atoms with Crippen LogP contribution in [0.25, 0.3) is 16.9 Å². The zero-order valence-electron chi connectivity index (χ0n) is 9.39. The minimum atomic E-state index is -0.413. The first-order valence-corrected chi connectivity index (χ1v) is 6.01. The molecule has 6 nitrogen and oxygen atoms in total. The van der Waals surface area contributed by atoms with E-state index in [1.165, 1.54) is 10.9 Å². The number of imidazole rings is 1. The topological polar surface area (TPSA) is 89.6 Å². The normalized spacial score (nSPS) is 11.1. The first-order chi connectivity index (χ1) is 9.08. The lowest BCUT2D eigenvalue weighted by molar-refractivity contribution is 1.06. The smallest absolute Gasteiger partial charge is 0.280 e. The van der Waals surface area contributed by atoms with Crippen LogP contribution in [0.2, 0.25) is 10.0 Å². The second kappa shape index (κ2) is 4.25. The van der Waals surface area contributed by atoms with Crippen molar-refractivity contribution < 1.29 is 0 Å². The number of hydrogen-bond donors (Lipinski definition) is 2. The highest BCUT2D eigenvalue weighted by Crippen LogP contribution is 2.29. The number of nitrogens with zero attached hydrogens (tertiary/aromatic N) is 3. The van der Waals surface area contributed by atoms with Gasteiger partial charge in [0.2, 0.25) is 5.95 Å². The molecule has 8 heteroatoms. The molecular formula is C11H7Cl2N5O. The third-order valence-electron chi connectivity index (χ3n) is 2.60. The van der Waals surface area contributed by atoms with Crippen LogP contribution in [-0.4, -0.2) is 19.5 Å². The van der Waals surface area contributed by atoms with Crippen molar-refractivity contribution >= 4 is 40.3 Å². The van der Waals surface area contributed by atoms with Gasteiger partial charge in [-0.25, -0.2) is 4.98 Å². The average molecular weight is 296 g/mol. The van der Waals surface area contributed by atoms with Crippen molar-refractivity contribution in [1.29, 1.82) is 0 Å². The van der Waals surface area contributed by atoms with E-state index in [9.17, 15) is 4.79 Å². The Labute approximate surface area is 116 Å². The molecular weight excluding hydrogens is 289 g/mol. The molecule has 96 valence electrons. The first-order valence-electron chi connectivity index (χ1n) is 5.25. The van der Waals surface area contributed by atoms with Gasteiger partial charge in [0.25, 0.3) is 5.56 Å². The quantitative estimate of drug-likeness (QED) is 0.718. The van der Waals surface area contributed by atoms with Gasteiger partial charge in [0, 0.05) is 0 Å². The predicted molar refractivity (Wildman–Crippen MR) is 73.9 cm³/mol. The van der Waals surface area contributed by atoms with Crippen LogP contribution in [0.1, 0.15) is 0 Å². The number of nitrogens with two attached hydrogens (primary N) is 1. The van der Waals surface area contributed by atoms with Gasteiger partial charge in [-0.05, 0) is 12.1 Å². The maximum absolute atomic E-state index is 11.7. The van der Waals surface area contributed by atoms with E-state index in [2.05, 4.69) is 15.0 Å². The number of benzene rings is 1. The Morgan fingerprint density at radius 3 is 2.63 bits per heavy atom. The Kier molecular flexibility index (Phi) is 2.69. The largest absolute Gasteiger partial charge is 0.369 e. The lowest BCUT2D eigenvalue weighted by Gasteiger charge is -2.08. The Morgan fingerprint density at radius 2 is 1.95 bits per heavy atom. The number of para-hydroxylation sites is 1. The fraction of sp³-hybridized carbons (Fsp3) is 0. The first kappa shape index (κ1) is 12.0. The molecule has 0 amide bonds. The van der Waals surface area contributed by atoms with Crippen molar-refractivity contribution in [3.63, 3.8) is 0 Å². The van der Waals surface area contributed by atoms with Crippen molar-refractivity contribution in [2.24, 2.45) is 0 Å². The van der Waals surface area contributed by atoms with Gasteiger partial charge in [-0.1, -0.05) is 29.3 Å². The SMILES string of the molecule is Nc1nc2c(ncn2-c2c(Cl)cccc2Cl)c(=O)[nH]1. The maximum Gasteiger partial charge on any atom is 0.280 e. The monoisotopic (exact) mass is 295 g/mol. The molecule has 3 aromatic rings. The Bertz CT molecular complexity index is 818. The van der Waals surface area contributed by atoms with Crippen LogP contribution in [0.15, 0.2) is 29.3 Å². The van der Waals surface area contributed by atoms with Crippen LogP contribution in [0.4, 0.5) is 5.95 Å². The molecule has 3 N–H and O–H groups in total. The van der Waals surface area contributed by atoms with E-state index in [0.717, 1.165) is 0 Å². The summed E-state index contributed by atoms with van der Waals surface area (Å²) in [4.78, 5) is 22.1. The fourth-order valence-corrected chi connectivity index (χ4v) is 2.39. The number of aromatic amines is 1. The predicted octanol–water partition coefficient (Wildman–Crippen LogP) is 2.00. The van der Waals surface area contributed by atoms with Crippen LogP contribution >= 0.6 is 23.2 Å². The zero-order chi connectivity index (χ0) is 13.6. The molecule has 0 saturated heterocycles. The molecule has 2 heterocycles. The minimum Gasteiger partial charge on any atom is -0.369 e. The molecule has 0 fully saturated rings. The number of H-pyrrole nitrogens is 1. The van der Waals surface area contributed by atoms with E-state index in [0.29, 0.717) is 21.4 Å². The molecule has 0 radical (unpaired) electrons.